The molecule has 0 unspecified atom stereocenters. The summed E-state index contributed by atoms with van der Waals surface area (Å²) in [6, 6.07) is 12.8. The minimum absolute atomic E-state index is 0. The van der Waals surface area contributed by atoms with E-state index >= 15 is 0 Å². The van der Waals surface area contributed by atoms with Gasteiger partial charge in [0.05, 0.1) is 30.7 Å². The Balaban J connectivity index is 0.00000387. The summed E-state index contributed by atoms with van der Waals surface area (Å²) in [4.78, 5) is 13.2. The monoisotopic (exact) mass is 624 g/mol. The number of sulfonamides is 2. The number of aryl methyl sites for hydroxylation is 1. The molecule has 15 heteroatoms. The van der Waals surface area contributed by atoms with Crippen molar-refractivity contribution in [3.05, 3.63) is 60.6 Å². The summed E-state index contributed by atoms with van der Waals surface area (Å²) in [6.07, 6.45) is 6.22. The van der Waals surface area contributed by atoms with E-state index in [2.05, 4.69) is 20.0 Å². The number of rotatable bonds is 9. The summed E-state index contributed by atoms with van der Waals surface area (Å²) in [7, 11) is -3.99. The van der Waals surface area contributed by atoms with Crippen molar-refractivity contribution in [2.75, 3.05) is 36.5 Å². The third-order valence-electron chi connectivity index (χ3n) is 6.88. The molecule has 2 aromatic carbocycles. The number of methoxy groups -OCH3 is 1. The molecule has 2 aromatic heterocycles. The maximum atomic E-state index is 13.1. The van der Waals surface area contributed by atoms with Gasteiger partial charge in [-0.15, -0.1) is 0 Å². The number of hydrogen-bond acceptors (Lipinski definition) is 9. The van der Waals surface area contributed by atoms with E-state index in [1.54, 1.807) is 36.9 Å². The largest absolute Gasteiger partial charge is 0.497 e. The van der Waals surface area contributed by atoms with Crippen molar-refractivity contribution in [1.82, 2.24) is 23.8 Å². The van der Waals surface area contributed by atoms with Gasteiger partial charge in [-0.2, -0.15) is 8.42 Å². The molecule has 12 nitrogen and oxygen atoms in total. The quantitative estimate of drug-likeness (QED) is 0.268. The molecular weight excluding hydrogens is 594 g/mol. The number of ether oxygens (including phenoxy) is 1. The molecule has 213 valence electrons. The molecule has 1 fully saturated rings. The van der Waals surface area contributed by atoms with Crippen molar-refractivity contribution >= 4 is 99.8 Å². The van der Waals surface area contributed by atoms with Crippen LogP contribution in [0.15, 0.2) is 60.0 Å². The number of fused-ring (bicyclic) bond motifs is 1. The van der Waals surface area contributed by atoms with E-state index in [1.165, 1.54) is 23.1 Å². The number of nitrogens with one attached hydrogen (secondary N) is 2. The smallest absolute Gasteiger partial charge is 0.282 e. The molecular formula is C26H31KN7O5S2. The topological polar surface area (TPSA) is 148 Å². The molecule has 4 aromatic rings. The summed E-state index contributed by atoms with van der Waals surface area (Å²) in [5.41, 5.74) is 2.76. The van der Waals surface area contributed by atoms with Crippen molar-refractivity contribution in [2.45, 2.75) is 24.3 Å². The fourth-order valence-electron chi connectivity index (χ4n) is 4.73. The Kier molecular flexibility index (Phi) is 10.1. The van der Waals surface area contributed by atoms with Crippen LogP contribution in [-0.2, 0) is 33.5 Å². The van der Waals surface area contributed by atoms with Crippen LogP contribution < -0.4 is 14.8 Å². The molecule has 0 aliphatic carbocycles. The number of hydrogen-bond donors (Lipinski definition) is 2. The van der Waals surface area contributed by atoms with Crippen molar-refractivity contribution in [3.63, 3.8) is 0 Å². The summed E-state index contributed by atoms with van der Waals surface area (Å²) in [5, 5.41) is 3.16. The molecule has 0 bridgehead atoms. The molecule has 1 aliphatic rings. The second-order valence-corrected chi connectivity index (χ2v) is 13.5. The van der Waals surface area contributed by atoms with Crippen LogP contribution in [0.3, 0.4) is 0 Å². The van der Waals surface area contributed by atoms with Gasteiger partial charge in [-0.05, 0) is 48.9 Å². The van der Waals surface area contributed by atoms with Gasteiger partial charge in [0, 0.05) is 89.5 Å². The number of benzene rings is 2. The van der Waals surface area contributed by atoms with Gasteiger partial charge in [0.2, 0.25) is 10.0 Å². The molecule has 0 amide bonds. The van der Waals surface area contributed by atoms with Crippen molar-refractivity contribution in [3.8, 4) is 5.75 Å². The van der Waals surface area contributed by atoms with Crippen LogP contribution in [0, 0.1) is 5.92 Å². The summed E-state index contributed by atoms with van der Waals surface area (Å²) in [5.74, 6) is 1.14. The fraction of sp³-hybridized carbons (Fsp3) is 0.346. The second kappa shape index (κ2) is 13.0. The van der Waals surface area contributed by atoms with E-state index in [-0.39, 0.29) is 74.0 Å². The maximum Gasteiger partial charge on any atom is 0.282 e. The van der Waals surface area contributed by atoms with Gasteiger partial charge in [-0.25, -0.2) is 27.7 Å². The van der Waals surface area contributed by atoms with Gasteiger partial charge in [0.1, 0.15) is 5.75 Å². The van der Waals surface area contributed by atoms with Crippen LogP contribution in [0.1, 0.15) is 18.4 Å². The summed E-state index contributed by atoms with van der Waals surface area (Å²) < 4.78 is 61.2. The van der Waals surface area contributed by atoms with Crippen LogP contribution in [0.4, 0.5) is 17.3 Å². The zero-order chi connectivity index (χ0) is 28.5. The fourth-order valence-corrected chi connectivity index (χ4v) is 6.59. The van der Waals surface area contributed by atoms with Gasteiger partial charge in [-0.1, -0.05) is 18.2 Å². The van der Waals surface area contributed by atoms with Gasteiger partial charge in [0.15, 0.2) is 16.7 Å². The first-order chi connectivity index (χ1) is 19.0. The van der Waals surface area contributed by atoms with Gasteiger partial charge in [-0.3, -0.25) is 4.72 Å². The van der Waals surface area contributed by atoms with E-state index < -0.39 is 20.0 Å². The standard InChI is InChI=1S/C26H31N7O5S2.K/c1-32-16-24(27-17-32)40(36,37)31-26-25(28-21-6-4-5-7-22(21)29-26)30-23-15-20(38-2)9-8-19(23)14-18-10-12-33(13-11-18)39(3,34)35;/h4-9,15-18H,10-14H2,1-3H3,(H,28,30)(H,29,31);. The average Bonchev–Trinajstić information content (AvgIpc) is 3.37. The summed E-state index contributed by atoms with van der Waals surface area (Å²) >= 11 is 0. The molecule has 1 radical (unpaired) electrons. The Morgan fingerprint density at radius 1 is 1.00 bits per heavy atom. The molecule has 1 saturated heterocycles. The Bertz CT molecular complexity index is 1760. The average molecular weight is 625 g/mol. The second-order valence-electron chi connectivity index (χ2n) is 9.85. The van der Waals surface area contributed by atoms with Gasteiger partial charge < -0.3 is 14.6 Å². The van der Waals surface area contributed by atoms with Crippen molar-refractivity contribution in [1.29, 1.82) is 0 Å². The minimum Gasteiger partial charge on any atom is -0.497 e. The predicted molar refractivity (Wildman–Crippen MR) is 158 cm³/mol. The Labute approximate surface area is 282 Å². The zero-order valence-electron chi connectivity index (χ0n) is 23.4. The third kappa shape index (κ3) is 7.65. The molecule has 5 rings (SSSR count). The molecule has 2 N–H and O–H groups in total. The van der Waals surface area contributed by atoms with Crippen LogP contribution >= 0.6 is 0 Å². The Morgan fingerprint density at radius 2 is 1.66 bits per heavy atom. The first-order valence-corrected chi connectivity index (χ1v) is 16.0. The van der Waals surface area contributed by atoms with Crippen molar-refractivity contribution in [2.24, 2.45) is 13.0 Å². The van der Waals surface area contributed by atoms with Crippen LogP contribution in [0.2, 0.25) is 0 Å². The van der Waals surface area contributed by atoms with Crippen molar-refractivity contribution < 1.29 is 21.6 Å². The third-order valence-corrected chi connectivity index (χ3v) is 9.41. The molecule has 0 atom stereocenters. The SMILES string of the molecule is COc1ccc(CC2CCN(S(C)(=O)=O)CC2)c(Nc2nc3ccccc3nc2NS(=O)(=O)c2cn(C)cn2)c1.[K]. The molecule has 3 heterocycles. The number of para-hydroxylation sites is 2. The van der Waals surface area contributed by atoms with Gasteiger partial charge in [0.25, 0.3) is 10.0 Å². The van der Waals surface area contributed by atoms with E-state index in [0.29, 0.717) is 42.0 Å². The Hall–Kier alpha value is -2.11. The summed E-state index contributed by atoms with van der Waals surface area (Å²) in [6.45, 7) is 0.968. The van der Waals surface area contributed by atoms with Gasteiger partial charge >= 0.3 is 0 Å². The van der Waals surface area contributed by atoms with Crippen LogP contribution in [0.25, 0.3) is 11.0 Å². The predicted octanol–water partition coefficient (Wildman–Crippen LogP) is 2.75. The molecule has 41 heavy (non-hydrogen) atoms. The number of imidazole rings is 1. The minimum atomic E-state index is -4.04. The number of nitrogens with zero attached hydrogens (tertiary/aromatic N) is 5. The number of aromatic nitrogens is 4. The number of piperidine rings is 1. The first-order valence-electron chi connectivity index (χ1n) is 12.7. The zero-order valence-corrected chi connectivity index (χ0v) is 28.2. The Morgan fingerprint density at radius 3 is 2.24 bits per heavy atom. The first kappa shape index (κ1) is 31.8. The molecule has 1 aliphatic heterocycles. The van der Waals surface area contributed by atoms with Crippen LogP contribution in [-0.4, -0.2) is 118 Å². The van der Waals surface area contributed by atoms with Crippen LogP contribution in [0.5, 0.6) is 5.75 Å². The van der Waals surface area contributed by atoms with E-state index in [1.807, 2.05) is 24.3 Å². The van der Waals surface area contributed by atoms with E-state index in [9.17, 15) is 16.8 Å². The molecule has 0 spiro atoms. The molecule has 0 saturated carbocycles. The number of anilines is 3. The van der Waals surface area contributed by atoms with E-state index in [4.69, 9.17) is 9.72 Å². The normalized spacial score (nSPS) is 14.9. The van der Waals surface area contributed by atoms with E-state index in [0.717, 1.165) is 18.4 Å². The maximum absolute atomic E-state index is 13.1.